The molecule has 0 aromatic carbocycles. The molecule has 0 spiro atoms. The Labute approximate surface area is 97.8 Å². The summed E-state index contributed by atoms with van der Waals surface area (Å²) in [5, 5.41) is 7.76. The molecular weight excluding hydrogens is 202 g/mol. The van der Waals surface area contributed by atoms with Crippen molar-refractivity contribution in [3.63, 3.8) is 0 Å². The molecular formula is C11H25N5. The molecule has 1 aliphatic rings. The van der Waals surface area contributed by atoms with Crippen LogP contribution >= 0.6 is 0 Å². The number of piperidine rings is 1. The highest BCUT2D eigenvalue weighted by Gasteiger charge is 2.34. The van der Waals surface area contributed by atoms with Crippen LogP contribution in [0, 0.1) is 5.41 Å². The predicted octanol–water partition coefficient (Wildman–Crippen LogP) is 0.189. The lowest BCUT2D eigenvalue weighted by Crippen LogP contribution is -2.66. The van der Waals surface area contributed by atoms with Gasteiger partial charge < -0.3 is 22.6 Å². The van der Waals surface area contributed by atoms with Crippen molar-refractivity contribution in [1.29, 1.82) is 5.41 Å². The molecule has 1 aliphatic heterocycles. The summed E-state index contributed by atoms with van der Waals surface area (Å²) < 4.78 is 0. The van der Waals surface area contributed by atoms with Crippen molar-refractivity contribution in [1.82, 2.24) is 4.90 Å². The van der Waals surface area contributed by atoms with Gasteiger partial charge in [-0.1, -0.05) is 26.2 Å². The summed E-state index contributed by atoms with van der Waals surface area (Å²) in [6.07, 6.45) is 4.70. The molecule has 5 nitrogen and oxygen atoms in total. The van der Waals surface area contributed by atoms with Crippen molar-refractivity contribution in [3.8, 4) is 0 Å². The van der Waals surface area contributed by atoms with Crippen LogP contribution in [-0.4, -0.2) is 35.5 Å². The van der Waals surface area contributed by atoms with Gasteiger partial charge in [-0.05, 0) is 6.42 Å². The van der Waals surface area contributed by atoms with Gasteiger partial charge in [0.1, 0.15) is 0 Å². The molecule has 16 heavy (non-hydrogen) atoms. The topological polar surface area (TPSA) is 105 Å². The normalized spacial score (nSPS) is 32.0. The number of nitrogens with two attached hydrogens (primary N) is 3. The molecule has 0 aromatic heterocycles. The smallest absolute Gasteiger partial charge is 0.0976 e. The van der Waals surface area contributed by atoms with E-state index in [4.69, 9.17) is 22.6 Å². The van der Waals surface area contributed by atoms with Gasteiger partial charge in [-0.3, -0.25) is 4.90 Å². The second kappa shape index (κ2) is 6.30. The first-order valence-corrected chi connectivity index (χ1v) is 6.17. The standard InChI is InChI=1S/C11H25N5/c1-2-3-4-5-6-16-10(14)8(12)7-9(13)11(16)15/h8,10-11,13H,2-7,12,14-15H2,1H3. The van der Waals surface area contributed by atoms with Crippen LogP contribution in [0.15, 0.2) is 0 Å². The molecule has 1 saturated heterocycles. The molecule has 0 bridgehead atoms. The first-order valence-electron chi connectivity index (χ1n) is 6.17. The summed E-state index contributed by atoms with van der Waals surface area (Å²) in [7, 11) is 0. The van der Waals surface area contributed by atoms with Crippen LogP contribution in [0.3, 0.4) is 0 Å². The minimum absolute atomic E-state index is 0.154. The lowest BCUT2D eigenvalue weighted by Gasteiger charge is -2.42. The van der Waals surface area contributed by atoms with Gasteiger partial charge in [0.25, 0.3) is 0 Å². The van der Waals surface area contributed by atoms with Gasteiger partial charge in [0, 0.05) is 24.7 Å². The SMILES string of the molecule is CCCCCCN1C(N)C(=N)CC(N)C1N. The monoisotopic (exact) mass is 227 g/mol. The first kappa shape index (κ1) is 13.6. The molecule has 1 heterocycles. The molecule has 0 aliphatic carbocycles. The zero-order valence-corrected chi connectivity index (χ0v) is 10.2. The van der Waals surface area contributed by atoms with Crippen LogP contribution in [0.2, 0.25) is 0 Å². The molecule has 0 aromatic rings. The zero-order valence-electron chi connectivity index (χ0n) is 10.2. The highest BCUT2D eigenvalue weighted by molar-refractivity contribution is 5.87. The fourth-order valence-electron chi connectivity index (χ4n) is 2.14. The van der Waals surface area contributed by atoms with Crippen LogP contribution in [0.4, 0.5) is 0 Å². The highest BCUT2D eigenvalue weighted by Crippen LogP contribution is 2.15. The van der Waals surface area contributed by atoms with E-state index in [0.29, 0.717) is 12.1 Å². The van der Waals surface area contributed by atoms with Crippen molar-refractivity contribution in [2.24, 2.45) is 17.2 Å². The van der Waals surface area contributed by atoms with Crippen molar-refractivity contribution in [2.75, 3.05) is 6.54 Å². The first-order chi connectivity index (χ1) is 7.57. The van der Waals surface area contributed by atoms with Gasteiger partial charge in [0.05, 0.1) is 12.3 Å². The maximum Gasteiger partial charge on any atom is 0.0976 e. The van der Waals surface area contributed by atoms with Crippen molar-refractivity contribution >= 4 is 5.71 Å². The van der Waals surface area contributed by atoms with Gasteiger partial charge in [-0.2, -0.15) is 0 Å². The predicted molar refractivity (Wildman–Crippen MR) is 67.1 cm³/mol. The summed E-state index contributed by atoms with van der Waals surface area (Å²) in [5.74, 6) is 0. The number of unbranched alkanes of at least 4 members (excludes halogenated alkanes) is 3. The Morgan fingerprint density at radius 2 is 1.94 bits per heavy atom. The van der Waals surface area contributed by atoms with Crippen LogP contribution in [0.1, 0.15) is 39.0 Å². The molecule has 0 amide bonds. The lowest BCUT2D eigenvalue weighted by atomic mass is 9.98. The summed E-state index contributed by atoms with van der Waals surface area (Å²) in [6.45, 7) is 3.03. The molecule has 0 radical (unpaired) electrons. The van der Waals surface area contributed by atoms with E-state index < -0.39 is 0 Å². The van der Waals surface area contributed by atoms with E-state index in [9.17, 15) is 0 Å². The fraction of sp³-hybridized carbons (Fsp3) is 0.909. The number of hydrogen-bond donors (Lipinski definition) is 4. The Balaban J connectivity index is 2.44. The van der Waals surface area contributed by atoms with Gasteiger partial charge in [-0.15, -0.1) is 0 Å². The van der Waals surface area contributed by atoms with Gasteiger partial charge in [-0.25, -0.2) is 0 Å². The van der Waals surface area contributed by atoms with E-state index in [1.165, 1.54) is 19.3 Å². The van der Waals surface area contributed by atoms with Crippen molar-refractivity contribution in [2.45, 2.75) is 57.4 Å². The van der Waals surface area contributed by atoms with E-state index >= 15 is 0 Å². The van der Waals surface area contributed by atoms with Gasteiger partial charge >= 0.3 is 0 Å². The van der Waals surface area contributed by atoms with Gasteiger partial charge in [0.15, 0.2) is 0 Å². The van der Waals surface area contributed by atoms with E-state index in [-0.39, 0.29) is 18.4 Å². The maximum absolute atomic E-state index is 7.76. The Morgan fingerprint density at radius 1 is 1.25 bits per heavy atom. The minimum atomic E-state index is -0.337. The van der Waals surface area contributed by atoms with Crippen LogP contribution in [0.25, 0.3) is 0 Å². The van der Waals surface area contributed by atoms with E-state index in [1.807, 2.05) is 4.90 Å². The van der Waals surface area contributed by atoms with Crippen LogP contribution in [0.5, 0.6) is 0 Å². The molecule has 7 N–H and O–H groups in total. The molecule has 3 atom stereocenters. The Morgan fingerprint density at radius 3 is 2.56 bits per heavy atom. The Hall–Kier alpha value is -0.490. The van der Waals surface area contributed by atoms with Crippen LogP contribution in [-0.2, 0) is 0 Å². The Bertz CT molecular complexity index is 230. The molecule has 0 saturated carbocycles. The molecule has 94 valence electrons. The van der Waals surface area contributed by atoms with E-state index in [0.717, 1.165) is 13.0 Å². The molecule has 3 unspecified atom stereocenters. The lowest BCUT2D eigenvalue weighted by molar-refractivity contribution is 0.131. The minimum Gasteiger partial charge on any atom is -0.325 e. The summed E-state index contributed by atoms with van der Waals surface area (Å²) in [6, 6.07) is -0.154. The van der Waals surface area contributed by atoms with Crippen molar-refractivity contribution < 1.29 is 0 Å². The number of rotatable bonds is 5. The summed E-state index contributed by atoms with van der Waals surface area (Å²) >= 11 is 0. The molecule has 5 heteroatoms. The quantitative estimate of drug-likeness (QED) is 0.503. The third kappa shape index (κ3) is 3.25. The largest absolute Gasteiger partial charge is 0.325 e. The second-order valence-electron chi connectivity index (χ2n) is 4.63. The van der Waals surface area contributed by atoms with E-state index in [1.54, 1.807) is 0 Å². The number of hydrogen-bond acceptors (Lipinski definition) is 5. The average Bonchev–Trinajstić information content (AvgIpc) is 2.25. The fourth-order valence-corrected chi connectivity index (χ4v) is 2.14. The number of nitrogens with zero attached hydrogens (tertiary/aromatic N) is 1. The zero-order chi connectivity index (χ0) is 12.1. The third-order valence-electron chi connectivity index (χ3n) is 3.26. The van der Waals surface area contributed by atoms with E-state index in [2.05, 4.69) is 6.92 Å². The maximum atomic E-state index is 7.76. The molecule has 1 fully saturated rings. The summed E-state index contributed by atoms with van der Waals surface area (Å²) in [5.41, 5.74) is 18.4. The summed E-state index contributed by atoms with van der Waals surface area (Å²) in [4.78, 5) is 1.96. The van der Waals surface area contributed by atoms with Gasteiger partial charge in [0.2, 0.25) is 0 Å². The Kier molecular flexibility index (Phi) is 5.34. The second-order valence-corrected chi connectivity index (χ2v) is 4.63. The third-order valence-corrected chi connectivity index (χ3v) is 3.26. The average molecular weight is 227 g/mol. The number of likely N-dealkylation sites (tertiary alicyclic amines) is 1. The molecule has 1 rings (SSSR count). The highest BCUT2D eigenvalue weighted by atomic mass is 15.3. The van der Waals surface area contributed by atoms with Crippen molar-refractivity contribution in [3.05, 3.63) is 0 Å². The number of nitrogens with one attached hydrogen (secondary N) is 1. The van der Waals surface area contributed by atoms with Crippen LogP contribution < -0.4 is 17.2 Å².